The molecule has 2 aromatic heterocycles. The summed E-state index contributed by atoms with van der Waals surface area (Å²) < 4.78 is 4.39. The number of hydrogen-bond donors (Lipinski definition) is 1. The summed E-state index contributed by atoms with van der Waals surface area (Å²) in [5.41, 5.74) is 11.5. The zero-order valence-corrected chi connectivity index (χ0v) is 26.2. The zero-order chi connectivity index (χ0) is 31.7. The predicted molar refractivity (Wildman–Crippen MR) is 190 cm³/mol. The maximum absolute atomic E-state index is 11.0. The van der Waals surface area contributed by atoms with Crippen molar-refractivity contribution < 1.29 is 9.67 Å². The van der Waals surface area contributed by atoms with Crippen LogP contribution in [0.5, 0.6) is 5.75 Å². The van der Waals surface area contributed by atoms with Gasteiger partial charge in [0.1, 0.15) is 11.9 Å². The topological polar surface area (TPSA) is 28.5 Å². The van der Waals surface area contributed by atoms with Crippen molar-refractivity contribution >= 4 is 16.4 Å². The van der Waals surface area contributed by atoms with Gasteiger partial charge in [-0.2, -0.15) is 4.40 Å². The lowest BCUT2D eigenvalue weighted by atomic mass is 9.78. The first-order chi connectivity index (χ1) is 23.2. The van der Waals surface area contributed by atoms with Crippen LogP contribution in [0.15, 0.2) is 176 Å². The van der Waals surface area contributed by atoms with Gasteiger partial charge in [0.15, 0.2) is 16.8 Å². The van der Waals surface area contributed by atoms with Crippen LogP contribution in [0.4, 0.5) is 0 Å². The summed E-state index contributed by atoms with van der Waals surface area (Å²) in [5, 5.41) is 12.0. The molecule has 1 N–H and O–H groups in total. The molecule has 0 aliphatic carbocycles. The van der Waals surface area contributed by atoms with Crippen molar-refractivity contribution in [3.05, 3.63) is 215 Å². The molecule has 0 radical (unpaired) electrons. The van der Waals surface area contributed by atoms with Gasteiger partial charge < -0.3 is 5.11 Å². The Balaban J connectivity index is 1.50. The fourth-order valence-electron chi connectivity index (χ4n) is 7.24. The van der Waals surface area contributed by atoms with Gasteiger partial charge in [-0.05, 0) is 47.4 Å². The van der Waals surface area contributed by atoms with Crippen molar-refractivity contribution in [2.75, 3.05) is 0 Å². The molecule has 2 heterocycles. The van der Waals surface area contributed by atoms with Crippen LogP contribution in [0.2, 0.25) is 0 Å². The molecule has 3 heteroatoms. The Hall–Kier alpha value is -5.93. The van der Waals surface area contributed by atoms with E-state index in [4.69, 9.17) is 0 Å². The molecule has 226 valence electrons. The van der Waals surface area contributed by atoms with Gasteiger partial charge in [0, 0.05) is 28.3 Å². The Morgan fingerprint density at radius 2 is 1.00 bits per heavy atom. The molecule has 0 fully saturated rings. The van der Waals surface area contributed by atoms with Gasteiger partial charge in [-0.15, -0.1) is 0 Å². The molecule has 0 spiro atoms. The van der Waals surface area contributed by atoms with Crippen LogP contribution in [-0.4, -0.2) is 9.51 Å². The lowest BCUT2D eigenvalue weighted by Crippen LogP contribution is -2.33. The second kappa shape index (κ2) is 12.1. The molecule has 6 aromatic carbocycles. The molecular weight excluding hydrogens is 572 g/mol. The van der Waals surface area contributed by atoms with Crippen molar-refractivity contribution in [2.24, 2.45) is 0 Å². The fraction of sp³-hybridized carbons (Fsp3) is 0.0682. The Morgan fingerprint density at radius 3 is 1.47 bits per heavy atom. The van der Waals surface area contributed by atoms with Crippen LogP contribution in [0.1, 0.15) is 50.8 Å². The first-order valence-corrected chi connectivity index (χ1v) is 16.1. The van der Waals surface area contributed by atoms with E-state index in [1.165, 1.54) is 38.9 Å². The number of aromatic hydroxyl groups is 1. The number of hydrogen-bond acceptors (Lipinski definition) is 1. The van der Waals surface area contributed by atoms with Gasteiger partial charge in [0.05, 0.1) is 0 Å². The Morgan fingerprint density at radius 1 is 0.532 bits per heavy atom. The van der Waals surface area contributed by atoms with E-state index in [9.17, 15) is 5.11 Å². The number of aromatic nitrogens is 2. The molecule has 0 atom stereocenters. The number of imidazole rings is 1. The molecule has 0 amide bonds. The van der Waals surface area contributed by atoms with Crippen LogP contribution in [0.25, 0.3) is 22.1 Å². The van der Waals surface area contributed by atoms with Crippen molar-refractivity contribution in [2.45, 2.75) is 18.8 Å². The third kappa shape index (κ3) is 5.26. The van der Waals surface area contributed by atoms with E-state index in [1.807, 2.05) is 12.1 Å². The van der Waals surface area contributed by atoms with Gasteiger partial charge in [0.2, 0.25) is 0 Å². The van der Waals surface area contributed by atoms with Gasteiger partial charge in [0.25, 0.3) is 6.33 Å². The number of aryl methyl sites for hydroxylation is 1. The largest absolute Gasteiger partial charge is 0.504 e. The van der Waals surface area contributed by atoms with Gasteiger partial charge in [-0.1, -0.05) is 151 Å². The third-order valence-corrected chi connectivity index (χ3v) is 9.23. The molecule has 0 unspecified atom stereocenters. The maximum Gasteiger partial charge on any atom is 0.254 e. The molecule has 8 rings (SSSR count). The van der Waals surface area contributed by atoms with E-state index in [0.29, 0.717) is 0 Å². The highest BCUT2D eigenvalue weighted by Gasteiger charge is 2.31. The van der Waals surface area contributed by atoms with E-state index in [1.54, 1.807) is 6.07 Å². The molecule has 47 heavy (non-hydrogen) atoms. The lowest BCUT2D eigenvalue weighted by Gasteiger charge is -2.26. The van der Waals surface area contributed by atoms with Crippen LogP contribution < -0.4 is 4.57 Å². The molecule has 0 saturated carbocycles. The van der Waals surface area contributed by atoms with Crippen molar-refractivity contribution in [3.8, 4) is 11.4 Å². The zero-order valence-electron chi connectivity index (χ0n) is 26.2. The highest BCUT2D eigenvalue weighted by Crippen LogP contribution is 2.41. The van der Waals surface area contributed by atoms with Crippen molar-refractivity contribution in [3.63, 3.8) is 0 Å². The standard InChI is InChI=1S/C44H34N2O/c1-31-27-38(41(32-15-6-2-7-16-32)33-17-8-3-9-18-33)44(45-29-37-26-25-36-23-14-24-40(47)43(36)46(37)30-45)39(28-31)42(34-19-10-4-11-20-34)35-21-12-5-13-22-35/h2-30,41-42H,1H3/p+1. The minimum atomic E-state index is -0.0149. The smallest absolute Gasteiger partial charge is 0.254 e. The summed E-state index contributed by atoms with van der Waals surface area (Å²) >= 11 is 0. The minimum Gasteiger partial charge on any atom is -0.504 e. The van der Waals surface area contributed by atoms with E-state index in [2.05, 4.69) is 174 Å². The predicted octanol–water partition coefficient (Wildman–Crippen LogP) is 9.74. The molecule has 3 nitrogen and oxygen atoms in total. The van der Waals surface area contributed by atoms with Crippen LogP contribution in [0.3, 0.4) is 0 Å². The number of rotatable bonds is 7. The minimum absolute atomic E-state index is 0.0149. The number of fused-ring (bicyclic) bond motifs is 3. The van der Waals surface area contributed by atoms with E-state index in [0.717, 1.165) is 22.1 Å². The Bertz CT molecular complexity index is 2130. The molecule has 8 aromatic rings. The van der Waals surface area contributed by atoms with Gasteiger partial charge in [-0.3, -0.25) is 0 Å². The van der Waals surface area contributed by atoms with Gasteiger partial charge in [-0.25, -0.2) is 4.57 Å². The van der Waals surface area contributed by atoms with E-state index >= 15 is 0 Å². The second-order valence-electron chi connectivity index (χ2n) is 12.3. The summed E-state index contributed by atoms with van der Waals surface area (Å²) in [6.07, 6.45) is 4.33. The van der Waals surface area contributed by atoms with E-state index in [-0.39, 0.29) is 17.6 Å². The summed E-state index contributed by atoms with van der Waals surface area (Å²) in [4.78, 5) is 0. The molecule has 0 bridgehead atoms. The normalized spacial score (nSPS) is 11.6. The number of para-hydroxylation sites is 1. The maximum atomic E-state index is 11.0. The van der Waals surface area contributed by atoms with Crippen LogP contribution >= 0.6 is 0 Å². The van der Waals surface area contributed by atoms with Gasteiger partial charge >= 0.3 is 0 Å². The average Bonchev–Trinajstić information content (AvgIpc) is 3.54. The van der Waals surface area contributed by atoms with Crippen LogP contribution in [-0.2, 0) is 0 Å². The number of nitrogens with zero attached hydrogens (tertiary/aromatic N) is 2. The fourth-order valence-corrected chi connectivity index (χ4v) is 7.24. The number of phenols is 1. The SMILES string of the molecule is Cc1cc(C(c2ccccc2)c2ccccc2)c(-[n+]2cc3ccc4cccc(O)c4n3c2)c(C(c2ccccc2)c2ccccc2)c1. The molecule has 0 saturated heterocycles. The van der Waals surface area contributed by atoms with E-state index < -0.39 is 0 Å². The number of pyridine rings is 1. The highest BCUT2D eigenvalue weighted by atomic mass is 16.3. The monoisotopic (exact) mass is 607 g/mol. The summed E-state index contributed by atoms with van der Waals surface area (Å²) in [6.45, 7) is 2.21. The quantitative estimate of drug-likeness (QED) is 0.142. The van der Waals surface area contributed by atoms with Crippen LogP contribution in [0, 0.1) is 6.92 Å². The summed E-state index contributed by atoms with van der Waals surface area (Å²) in [7, 11) is 0. The van der Waals surface area contributed by atoms with Crippen molar-refractivity contribution in [1.29, 1.82) is 0 Å². The average molecular weight is 608 g/mol. The van der Waals surface area contributed by atoms with Crippen molar-refractivity contribution in [1.82, 2.24) is 4.40 Å². The second-order valence-corrected chi connectivity index (χ2v) is 12.3. The summed E-state index contributed by atoms with van der Waals surface area (Å²) in [5.74, 6) is 0.232. The summed E-state index contributed by atoms with van der Waals surface area (Å²) in [6, 6.07) is 57.9. The third-order valence-electron chi connectivity index (χ3n) is 9.23. The number of phenolic OH excluding ortho intramolecular Hbond substituents is 1. The Labute approximate surface area is 275 Å². The molecular formula is C44H35N2O+. The first kappa shape index (κ1) is 28.5. The number of benzene rings is 6. The molecule has 0 aliphatic rings. The lowest BCUT2D eigenvalue weighted by molar-refractivity contribution is -0.595. The highest BCUT2D eigenvalue weighted by molar-refractivity contribution is 5.87. The Kier molecular flexibility index (Phi) is 7.35. The first-order valence-electron chi connectivity index (χ1n) is 16.1. The molecule has 0 aliphatic heterocycles.